The Morgan fingerprint density at radius 3 is 3.06 bits per heavy atom. The Morgan fingerprint density at radius 1 is 1.75 bits per heavy atom. The molecule has 0 aliphatic rings. The van der Waals surface area contributed by atoms with Crippen molar-refractivity contribution >= 4 is 44.9 Å². The molecule has 6 heteroatoms. The topological polar surface area (TPSA) is 55.1 Å². The lowest BCUT2D eigenvalue weighted by Gasteiger charge is -2.11. The Balaban J connectivity index is 2.32. The van der Waals surface area contributed by atoms with Gasteiger partial charge in [-0.2, -0.15) is 11.8 Å². The summed E-state index contributed by atoms with van der Waals surface area (Å²) in [4.78, 5) is 12.7. The van der Waals surface area contributed by atoms with Gasteiger partial charge in [0.05, 0.1) is 12.6 Å². The second-order valence-corrected chi connectivity index (χ2v) is 6.14. The highest BCUT2D eigenvalue weighted by atomic mass is 79.9. The van der Waals surface area contributed by atoms with Gasteiger partial charge in [0.25, 0.3) is 0 Å². The van der Waals surface area contributed by atoms with Crippen LogP contribution in [0, 0.1) is 0 Å². The third kappa shape index (κ3) is 4.45. The van der Waals surface area contributed by atoms with E-state index in [9.17, 15) is 4.79 Å². The lowest BCUT2D eigenvalue weighted by molar-refractivity contribution is -0.122. The maximum absolute atomic E-state index is 11.6. The summed E-state index contributed by atoms with van der Waals surface area (Å²) in [7, 11) is 0. The van der Waals surface area contributed by atoms with Gasteiger partial charge in [0, 0.05) is 9.35 Å². The second kappa shape index (κ2) is 7.32. The van der Waals surface area contributed by atoms with Crippen molar-refractivity contribution in [2.45, 2.75) is 19.0 Å². The molecule has 3 nitrogen and oxygen atoms in total. The van der Waals surface area contributed by atoms with Gasteiger partial charge in [-0.3, -0.25) is 4.79 Å². The molecule has 0 aliphatic heterocycles. The van der Waals surface area contributed by atoms with E-state index in [-0.39, 0.29) is 5.91 Å². The Labute approximate surface area is 112 Å². The normalized spacial score (nSPS) is 12.4. The summed E-state index contributed by atoms with van der Waals surface area (Å²) in [5.74, 6) is 0.839. The van der Waals surface area contributed by atoms with E-state index in [4.69, 9.17) is 5.73 Å². The lowest BCUT2D eigenvalue weighted by atomic mass is 10.2. The molecular formula is C10H15BrN2OS2. The molecule has 1 heterocycles. The predicted octanol–water partition coefficient (Wildman–Crippen LogP) is 2.21. The van der Waals surface area contributed by atoms with Gasteiger partial charge in [-0.05, 0) is 45.8 Å². The molecule has 0 bridgehead atoms. The summed E-state index contributed by atoms with van der Waals surface area (Å²) in [6.45, 7) is 0.546. The molecule has 16 heavy (non-hydrogen) atoms. The van der Waals surface area contributed by atoms with Crippen LogP contribution < -0.4 is 11.1 Å². The number of carbonyl (C=O) groups excluding carboxylic acids is 1. The zero-order chi connectivity index (χ0) is 12.0. The fourth-order valence-electron chi connectivity index (χ4n) is 1.13. The van der Waals surface area contributed by atoms with E-state index in [1.54, 1.807) is 23.1 Å². The monoisotopic (exact) mass is 322 g/mol. The van der Waals surface area contributed by atoms with Crippen molar-refractivity contribution in [1.82, 2.24) is 5.32 Å². The molecule has 0 aromatic carbocycles. The third-order valence-electron chi connectivity index (χ3n) is 2.08. The van der Waals surface area contributed by atoms with Crippen LogP contribution >= 0.6 is 39.0 Å². The molecule has 1 atom stereocenters. The number of carbonyl (C=O) groups is 1. The molecule has 0 saturated heterocycles. The number of amides is 1. The fourth-order valence-corrected chi connectivity index (χ4v) is 3.05. The van der Waals surface area contributed by atoms with Crippen molar-refractivity contribution in [3.63, 3.8) is 0 Å². The van der Waals surface area contributed by atoms with Crippen LogP contribution in [-0.4, -0.2) is 24.0 Å². The Kier molecular flexibility index (Phi) is 6.41. The van der Waals surface area contributed by atoms with E-state index in [0.717, 1.165) is 21.5 Å². The highest BCUT2D eigenvalue weighted by Gasteiger charge is 2.12. The van der Waals surface area contributed by atoms with E-state index in [1.165, 1.54) is 0 Å². The van der Waals surface area contributed by atoms with Crippen molar-refractivity contribution in [1.29, 1.82) is 0 Å². The SMILES string of the molecule is CSCC[C@@H](N)C(=O)NCc1sccc1Br. The molecule has 0 fully saturated rings. The largest absolute Gasteiger partial charge is 0.350 e. The van der Waals surface area contributed by atoms with Gasteiger partial charge in [-0.25, -0.2) is 0 Å². The van der Waals surface area contributed by atoms with Gasteiger partial charge in [0.15, 0.2) is 0 Å². The van der Waals surface area contributed by atoms with Crippen molar-refractivity contribution in [3.05, 3.63) is 20.8 Å². The molecule has 90 valence electrons. The van der Waals surface area contributed by atoms with E-state index >= 15 is 0 Å². The number of thioether (sulfide) groups is 1. The number of hydrogen-bond donors (Lipinski definition) is 2. The molecular weight excluding hydrogens is 308 g/mol. The Morgan fingerprint density at radius 2 is 2.50 bits per heavy atom. The third-order valence-corrected chi connectivity index (χ3v) is 4.65. The fraction of sp³-hybridized carbons (Fsp3) is 0.500. The zero-order valence-electron chi connectivity index (χ0n) is 9.03. The minimum absolute atomic E-state index is 0.0747. The van der Waals surface area contributed by atoms with Gasteiger partial charge in [-0.1, -0.05) is 0 Å². The number of nitrogens with one attached hydrogen (secondary N) is 1. The minimum atomic E-state index is -0.397. The molecule has 1 aromatic rings. The van der Waals surface area contributed by atoms with Crippen molar-refractivity contribution in [2.24, 2.45) is 5.73 Å². The van der Waals surface area contributed by atoms with Crippen LogP contribution in [0.3, 0.4) is 0 Å². The number of hydrogen-bond acceptors (Lipinski definition) is 4. The van der Waals surface area contributed by atoms with E-state index < -0.39 is 6.04 Å². The first-order chi connectivity index (χ1) is 7.65. The summed E-state index contributed by atoms with van der Waals surface area (Å²) >= 11 is 6.73. The second-order valence-electron chi connectivity index (χ2n) is 3.30. The lowest BCUT2D eigenvalue weighted by Crippen LogP contribution is -2.40. The van der Waals surface area contributed by atoms with Gasteiger partial charge in [-0.15, -0.1) is 11.3 Å². The summed E-state index contributed by atoms with van der Waals surface area (Å²) in [5, 5.41) is 4.83. The van der Waals surface area contributed by atoms with Gasteiger partial charge >= 0.3 is 0 Å². The first-order valence-electron chi connectivity index (χ1n) is 4.89. The molecule has 0 spiro atoms. The highest BCUT2D eigenvalue weighted by Crippen LogP contribution is 2.22. The summed E-state index contributed by atoms with van der Waals surface area (Å²) in [6, 6.07) is 1.57. The zero-order valence-corrected chi connectivity index (χ0v) is 12.3. The molecule has 0 aliphatic carbocycles. The van der Waals surface area contributed by atoms with Crippen LogP contribution in [0.5, 0.6) is 0 Å². The van der Waals surface area contributed by atoms with Crippen molar-refractivity contribution in [3.8, 4) is 0 Å². The summed E-state index contributed by atoms with van der Waals surface area (Å²) < 4.78 is 1.04. The predicted molar refractivity (Wildman–Crippen MR) is 74.8 cm³/mol. The molecule has 1 amide bonds. The molecule has 1 rings (SSSR count). The highest BCUT2D eigenvalue weighted by molar-refractivity contribution is 9.10. The molecule has 0 saturated carbocycles. The first-order valence-corrected chi connectivity index (χ1v) is 7.96. The molecule has 0 unspecified atom stereocenters. The van der Waals surface area contributed by atoms with Crippen LogP contribution in [0.25, 0.3) is 0 Å². The minimum Gasteiger partial charge on any atom is -0.350 e. The summed E-state index contributed by atoms with van der Waals surface area (Å²) in [6.07, 6.45) is 2.73. The van der Waals surface area contributed by atoms with E-state index in [1.807, 2.05) is 17.7 Å². The van der Waals surface area contributed by atoms with Crippen LogP contribution in [0.15, 0.2) is 15.9 Å². The van der Waals surface area contributed by atoms with Gasteiger partial charge in [0.2, 0.25) is 5.91 Å². The van der Waals surface area contributed by atoms with Gasteiger partial charge < -0.3 is 11.1 Å². The van der Waals surface area contributed by atoms with Crippen LogP contribution in [0.1, 0.15) is 11.3 Å². The van der Waals surface area contributed by atoms with E-state index in [2.05, 4.69) is 21.2 Å². The number of rotatable bonds is 6. The standard InChI is InChI=1S/C10H15BrN2OS2/c1-15-4-3-8(12)10(14)13-6-9-7(11)2-5-16-9/h2,5,8H,3-4,6,12H2,1H3,(H,13,14)/t8-/m1/s1. The van der Waals surface area contributed by atoms with Crippen LogP contribution in [0.4, 0.5) is 0 Å². The number of halogens is 1. The maximum atomic E-state index is 11.6. The smallest absolute Gasteiger partial charge is 0.237 e. The number of nitrogens with two attached hydrogens (primary N) is 1. The van der Waals surface area contributed by atoms with Crippen LogP contribution in [-0.2, 0) is 11.3 Å². The quantitative estimate of drug-likeness (QED) is 0.844. The average molecular weight is 323 g/mol. The Hall–Kier alpha value is -0.0400. The first kappa shape index (κ1) is 14.0. The Bertz CT molecular complexity index is 343. The number of thiophene rings is 1. The van der Waals surface area contributed by atoms with Crippen molar-refractivity contribution < 1.29 is 4.79 Å². The van der Waals surface area contributed by atoms with Crippen molar-refractivity contribution in [2.75, 3.05) is 12.0 Å². The van der Waals surface area contributed by atoms with Crippen LogP contribution in [0.2, 0.25) is 0 Å². The maximum Gasteiger partial charge on any atom is 0.237 e. The molecule has 1 aromatic heterocycles. The summed E-state index contributed by atoms with van der Waals surface area (Å²) in [5.41, 5.74) is 5.75. The van der Waals surface area contributed by atoms with Gasteiger partial charge in [0.1, 0.15) is 0 Å². The molecule has 0 radical (unpaired) electrons. The molecule has 3 N–H and O–H groups in total. The van der Waals surface area contributed by atoms with E-state index in [0.29, 0.717) is 6.54 Å². The average Bonchev–Trinajstić information content (AvgIpc) is 2.68.